The Balaban J connectivity index is 0.000000406. The van der Waals surface area contributed by atoms with Crippen LogP contribution in [0.15, 0.2) is 36.7 Å². The van der Waals surface area contributed by atoms with Gasteiger partial charge in [-0.2, -0.15) is 18.3 Å². The molecule has 0 aliphatic carbocycles. The Kier molecular flexibility index (Phi) is 7.32. The van der Waals surface area contributed by atoms with Gasteiger partial charge in [-0.05, 0) is 30.4 Å². The lowest BCUT2D eigenvalue weighted by molar-refractivity contribution is -0.192. The van der Waals surface area contributed by atoms with E-state index in [9.17, 15) is 21.6 Å². The Labute approximate surface area is 197 Å². The third-order valence-corrected chi connectivity index (χ3v) is 8.59. The van der Waals surface area contributed by atoms with Crippen LogP contribution in [0.2, 0.25) is 0 Å². The monoisotopic (exact) mass is 502 g/mol. The summed E-state index contributed by atoms with van der Waals surface area (Å²) in [5.74, 6) is -2.47. The summed E-state index contributed by atoms with van der Waals surface area (Å²) >= 11 is 0. The van der Waals surface area contributed by atoms with Crippen LogP contribution >= 0.6 is 0 Å². The van der Waals surface area contributed by atoms with Crippen LogP contribution in [0.1, 0.15) is 37.8 Å². The summed E-state index contributed by atoms with van der Waals surface area (Å²) in [6, 6.07) is 7.89. The van der Waals surface area contributed by atoms with Gasteiger partial charge in [0.1, 0.15) is 4.75 Å². The average Bonchev–Trinajstić information content (AvgIpc) is 3.23. The minimum absolute atomic E-state index is 0.286. The Hall–Kier alpha value is -2.60. The summed E-state index contributed by atoms with van der Waals surface area (Å²) in [5.41, 5.74) is 3.04. The number of carboxylic acids is 1. The zero-order valence-corrected chi connectivity index (χ0v) is 20.1. The number of fused-ring (bicyclic) bond motifs is 2. The van der Waals surface area contributed by atoms with E-state index in [1.165, 1.54) is 5.56 Å². The van der Waals surface area contributed by atoms with Crippen molar-refractivity contribution in [1.82, 2.24) is 14.7 Å². The van der Waals surface area contributed by atoms with Crippen LogP contribution in [0.25, 0.3) is 0 Å². The maximum atomic E-state index is 13.6. The summed E-state index contributed by atoms with van der Waals surface area (Å²) in [4.78, 5) is 11.2. The fraction of sp³-hybridized carbons (Fsp3) is 0.545. The molecule has 2 aliphatic rings. The number of para-hydroxylation sites is 1. The predicted octanol–water partition coefficient (Wildman–Crippen LogP) is 3.35. The molecule has 1 saturated heterocycles. The fourth-order valence-corrected chi connectivity index (χ4v) is 6.98. The van der Waals surface area contributed by atoms with Gasteiger partial charge in [-0.1, -0.05) is 32.0 Å². The standard InChI is InChI=1S/C20H28N4O2S.C2HF3O2/c1-16(2)13-24-19-7-5-4-6-18(19)20(27(24,25)26)8-10-23(11-9-20)15-17-12-21-22(3)14-17;3-2(4,5)1(6)7/h4-7,12,14,16H,8-11,13,15H2,1-3H3;(H,6,7). The summed E-state index contributed by atoms with van der Waals surface area (Å²) in [7, 11) is -1.49. The van der Waals surface area contributed by atoms with Crippen LogP contribution in [0, 0.1) is 5.92 Å². The third kappa shape index (κ3) is 5.07. The average molecular weight is 503 g/mol. The first-order valence-corrected chi connectivity index (χ1v) is 12.3. The second-order valence-corrected chi connectivity index (χ2v) is 11.2. The van der Waals surface area contributed by atoms with Crippen LogP contribution in [0.3, 0.4) is 0 Å². The van der Waals surface area contributed by atoms with E-state index in [2.05, 4.69) is 23.8 Å². The van der Waals surface area contributed by atoms with Gasteiger partial charge >= 0.3 is 12.1 Å². The molecule has 1 fully saturated rings. The number of benzene rings is 1. The number of aryl methyl sites for hydroxylation is 1. The van der Waals surface area contributed by atoms with E-state index < -0.39 is 26.9 Å². The summed E-state index contributed by atoms with van der Waals surface area (Å²) in [6.07, 6.45) is 0.106. The van der Waals surface area contributed by atoms with Gasteiger partial charge in [0.2, 0.25) is 10.0 Å². The number of nitrogens with zero attached hydrogens (tertiary/aromatic N) is 4. The lowest BCUT2D eigenvalue weighted by atomic mass is 9.87. The van der Waals surface area contributed by atoms with Crippen molar-refractivity contribution < 1.29 is 31.5 Å². The van der Waals surface area contributed by atoms with E-state index in [1.807, 2.05) is 48.4 Å². The third-order valence-electron chi connectivity index (χ3n) is 6.05. The first kappa shape index (κ1) is 26.0. The maximum Gasteiger partial charge on any atom is 0.490 e. The van der Waals surface area contributed by atoms with E-state index in [-0.39, 0.29) is 5.92 Å². The zero-order valence-electron chi connectivity index (χ0n) is 19.3. The molecule has 0 unspecified atom stereocenters. The first-order chi connectivity index (χ1) is 15.8. The van der Waals surface area contributed by atoms with Crippen molar-refractivity contribution in [2.45, 2.75) is 44.2 Å². The number of likely N-dealkylation sites (tertiary alicyclic amines) is 1. The van der Waals surface area contributed by atoms with Gasteiger partial charge in [0.25, 0.3) is 0 Å². The van der Waals surface area contributed by atoms with Gasteiger partial charge in [0.15, 0.2) is 0 Å². The molecule has 8 nitrogen and oxygen atoms in total. The SMILES string of the molecule is CC(C)CN1c2ccccc2C2(CCN(Cc3cnn(C)c3)CC2)S1(=O)=O.O=C(O)C(F)(F)F. The Morgan fingerprint density at radius 1 is 1.21 bits per heavy atom. The van der Waals surface area contributed by atoms with Crippen molar-refractivity contribution >= 4 is 21.7 Å². The number of aromatic nitrogens is 2. The number of halogens is 3. The van der Waals surface area contributed by atoms with Crippen molar-refractivity contribution in [2.24, 2.45) is 13.0 Å². The van der Waals surface area contributed by atoms with Gasteiger partial charge in [-0.3, -0.25) is 13.9 Å². The van der Waals surface area contributed by atoms with Crippen molar-refractivity contribution in [3.63, 3.8) is 0 Å². The van der Waals surface area contributed by atoms with Gasteiger partial charge < -0.3 is 5.11 Å². The minimum Gasteiger partial charge on any atom is -0.475 e. The van der Waals surface area contributed by atoms with Gasteiger partial charge in [-0.25, -0.2) is 13.2 Å². The molecular weight excluding hydrogens is 473 g/mol. The predicted molar refractivity (Wildman–Crippen MR) is 121 cm³/mol. The summed E-state index contributed by atoms with van der Waals surface area (Å²) in [6.45, 7) is 7.05. The molecule has 1 aromatic heterocycles. The molecule has 4 rings (SSSR count). The molecule has 188 valence electrons. The molecule has 12 heteroatoms. The topological polar surface area (TPSA) is 95.7 Å². The number of anilines is 1. The number of carboxylic acid groups (broad SMARTS) is 1. The molecule has 0 atom stereocenters. The molecular formula is C22H29F3N4O4S. The number of hydrogen-bond donors (Lipinski definition) is 1. The first-order valence-electron chi connectivity index (χ1n) is 10.9. The normalized spacial score (nSPS) is 19.1. The van der Waals surface area contributed by atoms with E-state index in [0.29, 0.717) is 19.4 Å². The summed E-state index contributed by atoms with van der Waals surface area (Å²) in [5, 5.41) is 11.4. The van der Waals surface area contributed by atoms with Crippen LogP contribution in [-0.4, -0.2) is 60.0 Å². The quantitative estimate of drug-likeness (QED) is 0.689. The molecule has 0 radical (unpaired) electrons. The van der Waals surface area contributed by atoms with E-state index >= 15 is 0 Å². The largest absolute Gasteiger partial charge is 0.490 e. The molecule has 0 bridgehead atoms. The van der Waals surface area contributed by atoms with Crippen LogP contribution in [0.5, 0.6) is 0 Å². The number of alkyl halides is 3. The van der Waals surface area contributed by atoms with Crippen LogP contribution < -0.4 is 4.31 Å². The Bertz CT molecular complexity index is 1120. The molecule has 2 aromatic rings. The highest BCUT2D eigenvalue weighted by Crippen LogP contribution is 2.52. The molecule has 1 spiro atoms. The number of piperidine rings is 1. The molecule has 1 N–H and O–H groups in total. The number of carbonyl (C=O) groups is 1. The van der Waals surface area contributed by atoms with E-state index in [1.54, 1.807) is 4.31 Å². The van der Waals surface area contributed by atoms with Crippen molar-refractivity contribution in [3.8, 4) is 0 Å². The molecule has 0 saturated carbocycles. The maximum absolute atomic E-state index is 13.6. The van der Waals surface area contributed by atoms with Crippen molar-refractivity contribution in [2.75, 3.05) is 23.9 Å². The molecule has 3 heterocycles. The fourth-order valence-electron chi connectivity index (χ4n) is 4.50. The lowest BCUT2D eigenvalue weighted by Crippen LogP contribution is -2.48. The highest BCUT2D eigenvalue weighted by atomic mass is 32.2. The highest BCUT2D eigenvalue weighted by Gasteiger charge is 2.56. The Morgan fingerprint density at radius 2 is 1.79 bits per heavy atom. The minimum atomic E-state index is -5.08. The molecule has 0 amide bonds. The van der Waals surface area contributed by atoms with Gasteiger partial charge in [-0.15, -0.1) is 0 Å². The molecule has 34 heavy (non-hydrogen) atoms. The molecule has 1 aromatic carbocycles. The van der Waals surface area contributed by atoms with E-state index in [4.69, 9.17) is 9.90 Å². The van der Waals surface area contributed by atoms with E-state index in [0.717, 1.165) is 30.9 Å². The number of aliphatic carboxylic acids is 1. The summed E-state index contributed by atoms with van der Waals surface area (Å²) < 4.78 is 61.7. The number of rotatable bonds is 4. The Morgan fingerprint density at radius 3 is 2.29 bits per heavy atom. The highest BCUT2D eigenvalue weighted by molar-refractivity contribution is 7.94. The number of hydrogen-bond acceptors (Lipinski definition) is 5. The second-order valence-electron chi connectivity index (χ2n) is 9.04. The van der Waals surface area contributed by atoms with Crippen LogP contribution in [0.4, 0.5) is 18.9 Å². The van der Waals surface area contributed by atoms with Crippen molar-refractivity contribution in [1.29, 1.82) is 0 Å². The molecule has 2 aliphatic heterocycles. The van der Waals surface area contributed by atoms with Crippen molar-refractivity contribution in [3.05, 3.63) is 47.8 Å². The van der Waals surface area contributed by atoms with Gasteiger partial charge in [0, 0.05) is 45.0 Å². The number of sulfonamides is 1. The lowest BCUT2D eigenvalue weighted by Gasteiger charge is -2.39. The smallest absolute Gasteiger partial charge is 0.475 e. The second kappa shape index (κ2) is 9.57. The van der Waals surface area contributed by atoms with Crippen LogP contribution in [-0.2, 0) is 33.2 Å². The van der Waals surface area contributed by atoms with Gasteiger partial charge in [0.05, 0.1) is 11.9 Å². The zero-order chi connectivity index (χ0) is 25.3.